The van der Waals surface area contributed by atoms with Gasteiger partial charge < -0.3 is 15.3 Å². The van der Waals surface area contributed by atoms with Crippen LogP contribution < -0.4 is 10.2 Å². The molecule has 0 saturated carbocycles. The molecule has 1 amide bonds. The van der Waals surface area contributed by atoms with Crippen LogP contribution in [0.15, 0.2) is 0 Å². The maximum Gasteiger partial charge on any atom is 0.323 e. The summed E-state index contributed by atoms with van der Waals surface area (Å²) in [6.45, 7) is 4.18. The van der Waals surface area contributed by atoms with Gasteiger partial charge in [-0.25, -0.2) is 4.68 Å². The number of hydrogen-bond donors (Lipinski definition) is 2. The molecule has 1 aromatic heterocycles. The molecule has 0 spiro atoms. The summed E-state index contributed by atoms with van der Waals surface area (Å²) in [5.41, 5.74) is 1.31. The van der Waals surface area contributed by atoms with Crippen LogP contribution in [0.1, 0.15) is 12.6 Å². The van der Waals surface area contributed by atoms with E-state index in [0.29, 0.717) is 23.7 Å². The molecular weight excluding hydrogens is 224 g/mol. The van der Waals surface area contributed by atoms with Crippen LogP contribution in [0, 0.1) is 6.92 Å². The van der Waals surface area contributed by atoms with Crippen molar-refractivity contribution < 1.29 is 14.7 Å². The maximum absolute atomic E-state index is 11.5. The molecule has 0 bridgehead atoms. The van der Waals surface area contributed by atoms with Crippen molar-refractivity contribution >= 4 is 23.4 Å². The maximum atomic E-state index is 11.5. The molecule has 2 heterocycles. The minimum absolute atomic E-state index is 0.0461. The lowest BCUT2D eigenvalue weighted by atomic mass is 10.2. The van der Waals surface area contributed by atoms with Crippen molar-refractivity contribution in [1.82, 2.24) is 9.78 Å². The molecule has 17 heavy (non-hydrogen) atoms. The zero-order valence-electron chi connectivity index (χ0n) is 9.73. The molecule has 7 heteroatoms. The summed E-state index contributed by atoms with van der Waals surface area (Å²) < 4.78 is 1.70. The van der Waals surface area contributed by atoms with E-state index >= 15 is 0 Å². The number of carboxylic acids is 1. The number of carbonyl (C=O) groups is 2. The number of hydrogen-bond acceptors (Lipinski definition) is 4. The van der Waals surface area contributed by atoms with Crippen molar-refractivity contribution in [3.05, 3.63) is 5.69 Å². The highest BCUT2D eigenvalue weighted by atomic mass is 16.4. The molecule has 1 aromatic rings. The third kappa shape index (κ3) is 1.95. The van der Waals surface area contributed by atoms with Crippen molar-refractivity contribution in [3.8, 4) is 0 Å². The molecule has 1 aliphatic heterocycles. The monoisotopic (exact) mass is 238 g/mol. The average Bonchev–Trinajstić information content (AvgIpc) is 2.55. The van der Waals surface area contributed by atoms with Gasteiger partial charge >= 0.3 is 5.97 Å². The predicted octanol–water partition coefficient (Wildman–Crippen LogP) is 0.0545. The second-order valence-electron chi connectivity index (χ2n) is 3.90. The summed E-state index contributed by atoms with van der Waals surface area (Å²) in [5, 5.41) is 15.8. The third-order valence-electron chi connectivity index (χ3n) is 2.62. The van der Waals surface area contributed by atoms with Crippen molar-refractivity contribution in [2.75, 3.05) is 23.3 Å². The number of carbonyl (C=O) groups excluding carboxylic acids is 1. The smallest absolute Gasteiger partial charge is 0.323 e. The number of nitrogens with zero attached hydrogens (tertiary/aromatic N) is 3. The number of aromatic nitrogens is 2. The van der Waals surface area contributed by atoms with Gasteiger partial charge in [0.25, 0.3) is 0 Å². The van der Waals surface area contributed by atoms with Gasteiger partial charge in [0.2, 0.25) is 5.91 Å². The Morgan fingerprint density at radius 3 is 2.88 bits per heavy atom. The summed E-state index contributed by atoms with van der Waals surface area (Å²) in [5.74, 6) is -0.503. The van der Waals surface area contributed by atoms with E-state index in [9.17, 15) is 9.59 Å². The second-order valence-corrected chi connectivity index (χ2v) is 3.90. The van der Waals surface area contributed by atoms with E-state index in [0.717, 1.165) is 0 Å². The first kappa shape index (κ1) is 11.4. The Morgan fingerprint density at radius 2 is 2.29 bits per heavy atom. The van der Waals surface area contributed by atoms with Crippen LogP contribution in [-0.4, -0.2) is 39.9 Å². The van der Waals surface area contributed by atoms with E-state index in [1.807, 2.05) is 6.92 Å². The van der Waals surface area contributed by atoms with Crippen LogP contribution in [0.5, 0.6) is 0 Å². The summed E-state index contributed by atoms with van der Waals surface area (Å²) in [7, 11) is 0. The molecule has 0 aliphatic carbocycles. The molecule has 0 atom stereocenters. The highest BCUT2D eigenvalue weighted by molar-refractivity contribution is 6.02. The van der Waals surface area contributed by atoms with Crippen molar-refractivity contribution in [2.24, 2.45) is 0 Å². The summed E-state index contributed by atoms with van der Waals surface area (Å²) >= 11 is 0. The molecular formula is C10H14N4O3. The lowest BCUT2D eigenvalue weighted by Gasteiger charge is -2.28. The van der Waals surface area contributed by atoms with Crippen molar-refractivity contribution in [1.29, 1.82) is 0 Å². The molecule has 0 unspecified atom stereocenters. The number of fused-ring (bicyclic) bond motifs is 1. The van der Waals surface area contributed by atoms with E-state index in [1.165, 1.54) is 4.90 Å². The SMILES string of the molecule is CCn1nc(C)c2c1N(CC(=O)O)CC(=O)N2. The zero-order valence-corrected chi connectivity index (χ0v) is 9.73. The van der Waals surface area contributed by atoms with E-state index < -0.39 is 5.97 Å². The molecule has 7 nitrogen and oxygen atoms in total. The lowest BCUT2D eigenvalue weighted by Crippen LogP contribution is -2.42. The normalized spacial score (nSPS) is 14.5. The summed E-state index contributed by atoms with van der Waals surface area (Å²) in [6.07, 6.45) is 0. The Kier molecular flexibility index (Phi) is 2.74. The Morgan fingerprint density at radius 1 is 1.59 bits per heavy atom. The fourth-order valence-electron chi connectivity index (χ4n) is 1.98. The third-order valence-corrected chi connectivity index (χ3v) is 2.62. The van der Waals surface area contributed by atoms with Crippen LogP contribution >= 0.6 is 0 Å². The van der Waals surface area contributed by atoms with Gasteiger partial charge in [-0.05, 0) is 13.8 Å². The van der Waals surface area contributed by atoms with Crippen LogP contribution in [-0.2, 0) is 16.1 Å². The van der Waals surface area contributed by atoms with Gasteiger partial charge in [0.1, 0.15) is 12.2 Å². The number of carboxylic acid groups (broad SMARTS) is 1. The van der Waals surface area contributed by atoms with Gasteiger partial charge in [-0.3, -0.25) is 9.59 Å². The minimum atomic E-state index is -0.966. The number of rotatable bonds is 3. The first-order valence-corrected chi connectivity index (χ1v) is 5.37. The lowest BCUT2D eigenvalue weighted by molar-refractivity contribution is -0.135. The van der Waals surface area contributed by atoms with E-state index in [-0.39, 0.29) is 19.0 Å². The molecule has 0 fully saturated rings. The van der Waals surface area contributed by atoms with Crippen molar-refractivity contribution in [2.45, 2.75) is 20.4 Å². The van der Waals surface area contributed by atoms with Crippen molar-refractivity contribution in [3.63, 3.8) is 0 Å². The number of amides is 1. The van der Waals surface area contributed by atoms with Crippen LogP contribution in [0.2, 0.25) is 0 Å². The van der Waals surface area contributed by atoms with Crippen LogP contribution in [0.25, 0.3) is 0 Å². The van der Waals surface area contributed by atoms with Crippen LogP contribution in [0.4, 0.5) is 11.5 Å². The molecule has 1 aliphatic rings. The van der Waals surface area contributed by atoms with Gasteiger partial charge in [-0.15, -0.1) is 0 Å². The van der Waals surface area contributed by atoms with Crippen LogP contribution in [0.3, 0.4) is 0 Å². The van der Waals surface area contributed by atoms with E-state index in [2.05, 4.69) is 10.4 Å². The number of aliphatic carboxylic acids is 1. The largest absolute Gasteiger partial charge is 0.480 e. The van der Waals surface area contributed by atoms with Gasteiger partial charge in [0, 0.05) is 6.54 Å². The van der Waals surface area contributed by atoms with Gasteiger partial charge in [0.15, 0.2) is 5.82 Å². The second kappa shape index (κ2) is 4.08. The predicted molar refractivity (Wildman–Crippen MR) is 61.1 cm³/mol. The van der Waals surface area contributed by atoms with E-state index in [1.54, 1.807) is 11.6 Å². The molecule has 2 N–H and O–H groups in total. The van der Waals surface area contributed by atoms with Gasteiger partial charge in [-0.1, -0.05) is 0 Å². The minimum Gasteiger partial charge on any atom is -0.480 e. The summed E-state index contributed by atoms with van der Waals surface area (Å²) in [4.78, 5) is 23.8. The Hall–Kier alpha value is -2.05. The molecule has 0 saturated heterocycles. The Bertz CT molecular complexity index is 480. The topological polar surface area (TPSA) is 87.5 Å². The van der Waals surface area contributed by atoms with Gasteiger partial charge in [-0.2, -0.15) is 5.10 Å². The molecule has 2 rings (SSSR count). The first-order chi connectivity index (χ1) is 8.02. The quantitative estimate of drug-likeness (QED) is 0.777. The molecule has 92 valence electrons. The summed E-state index contributed by atoms with van der Waals surface area (Å²) in [6, 6.07) is 0. The highest BCUT2D eigenvalue weighted by Gasteiger charge is 2.29. The highest BCUT2D eigenvalue weighted by Crippen LogP contribution is 2.32. The Balaban J connectivity index is 2.46. The van der Waals surface area contributed by atoms with Gasteiger partial charge in [0.05, 0.1) is 12.2 Å². The number of anilines is 2. The fourth-order valence-corrected chi connectivity index (χ4v) is 1.98. The van der Waals surface area contributed by atoms with E-state index in [4.69, 9.17) is 5.11 Å². The molecule has 0 radical (unpaired) electrons. The number of nitrogens with one attached hydrogen (secondary N) is 1. The first-order valence-electron chi connectivity index (χ1n) is 5.37. The molecule has 0 aromatic carbocycles. The Labute approximate surface area is 98.0 Å². The fraction of sp³-hybridized carbons (Fsp3) is 0.500. The standard InChI is InChI=1S/C10H14N4O3/c1-3-14-10-9(6(2)12-14)11-7(15)4-13(10)5-8(16)17/h3-5H2,1-2H3,(H,11,15)(H,16,17). The number of aryl methyl sites for hydroxylation is 2. The zero-order chi connectivity index (χ0) is 12.6. The average molecular weight is 238 g/mol.